The number of hydrogen-bond acceptors (Lipinski definition) is 6. The maximum absolute atomic E-state index is 8.40. The molecule has 5 N–H and O–H groups in total. The van der Waals surface area contributed by atoms with Gasteiger partial charge in [-0.05, 0) is 13.0 Å². The number of rotatable bonds is 3. The molecule has 0 bridgehead atoms. The molecule has 3 rings (SSSR count). The highest BCUT2D eigenvalue weighted by molar-refractivity contribution is 6.17. The summed E-state index contributed by atoms with van der Waals surface area (Å²) in [7, 11) is 1.74. The lowest BCUT2D eigenvalue weighted by Crippen LogP contribution is -2.12. The van der Waals surface area contributed by atoms with E-state index in [1.165, 1.54) is 6.33 Å². The zero-order valence-electron chi connectivity index (χ0n) is 11.7. The first-order valence-electron chi connectivity index (χ1n) is 6.44. The molecule has 106 valence electrons. The first-order chi connectivity index (χ1) is 10.1. The Balaban J connectivity index is 2.12. The molecule has 0 saturated carbocycles. The van der Waals surface area contributed by atoms with E-state index >= 15 is 0 Å². The van der Waals surface area contributed by atoms with Crippen molar-refractivity contribution in [1.29, 1.82) is 5.41 Å². The SMILES string of the molecule is CNc1ncnc(N)c1C(=N)c1ccc2c(C)n[nH]c2c1. The topological polar surface area (TPSA) is 116 Å². The molecule has 0 amide bonds. The Kier molecular flexibility index (Phi) is 3.02. The molecule has 2 aromatic heterocycles. The van der Waals surface area contributed by atoms with Crippen LogP contribution in [-0.4, -0.2) is 32.9 Å². The van der Waals surface area contributed by atoms with Gasteiger partial charge in [-0.3, -0.25) is 10.5 Å². The summed E-state index contributed by atoms with van der Waals surface area (Å²) < 4.78 is 0. The predicted octanol–water partition coefficient (Wildman–Crippen LogP) is 1.70. The molecule has 7 heteroatoms. The number of nitrogen functional groups attached to an aromatic ring is 1. The highest BCUT2D eigenvalue weighted by atomic mass is 15.1. The lowest BCUT2D eigenvalue weighted by atomic mass is 10.0. The van der Waals surface area contributed by atoms with Gasteiger partial charge in [0.15, 0.2) is 0 Å². The summed E-state index contributed by atoms with van der Waals surface area (Å²) in [5.74, 6) is 0.814. The van der Waals surface area contributed by atoms with Crippen LogP contribution in [0.4, 0.5) is 11.6 Å². The van der Waals surface area contributed by atoms with Gasteiger partial charge in [-0.1, -0.05) is 12.1 Å². The molecule has 0 aliphatic carbocycles. The molecule has 0 aliphatic heterocycles. The Morgan fingerprint density at radius 3 is 2.90 bits per heavy atom. The molecule has 0 unspecified atom stereocenters. The van der Waals surface area contributed by atoms with Gasteiger partial charge < -0.3 is 11.1 Å². The first kappa shape index (κ1) is 13.0. The number of aromatic nitrogens is 4. The number of anilines is 2. The second-order valence-corrected chi connectivity index (χ2v) is 4.68. The second kappa shape index (κ2) is 4.86. The van der Waals surface area contributed by atoms with Crippen LogP contribution in [0.3, 0.4) is 0 Å². The number of hydrogen-bond donors (Lipinski definition) is 4. The zero-order valence-corrected chi connectivity index (χ0v) is 11.7. The fraction of sp³-hybridized carbons (Fsp3) is 0.143. The van der Waals surface area contributed by atoms with E-state index in [4.69, 9.17) is 11.1 Å². The van der Waals surface area contributed by atoms with Gasteiger partial charge in [0.25, 0.3) is 0 Å². The molecule has 0 saturated heterocycles. The summed E-state index contributed by atoms with van der Waals surface area (Å²) in [6.07, 6.45) is 1.37. The fourth-order valence-corrected chi connectivity index (χ4v) is 2.29. The van der Waals surface area contributed by atoms with Crippen LogP contribution in [0.1, 0.15) is 16.8 Å². The Morgan fingerprint density at radius 2 is 2.14 bits per heavy atom. The molecule has 7 nitrogen and oxygen atoms in total. The van der Waals surface area contributed by atoms with Crippen molar-refractivity contribution >= 4 is 28.3 Å². The maximum atomic E-state index is 8.40. The fourth-order valence-electron chi connectivity index (χ4n) is 2.29. The largest absolute Gasteiger partial charge is 0.383 e. The monoisotopic (exact) mass is 281 g/mol. The molecule has 21 heavy (non-hydrogen) atoms. The summed E-state index contributed by atoms with van der Waals surface area (Å²) in [6.45, 7) is 1.94. The third-order valence-electron chi connectivity index (χ3n) is 3.41. The number of aromatic amines is 1. The quantitative estimate of drug-likeness (QED) is 0.545. The highest BCUT2D eigenvalue weighted by Gasteiger charge is 2.16. The highest BCUT2D eigenvalue weighted by Crippen LogP contribution is 2.23. The van der Waals surface area contributed by atoms with Crippen LogP contribution in [0.25, 0.3) is 10.9 Å². The summed E-state index contributed by atoms with van der Waals surface area (Å²) >= 11 is 0. The van der Waals surface area contributed by atoms with Crippen LogP contribution in [0, 0.1) is 12.3 Å². The van der Waals surface area contributed by atoms with E-state index in [-0.39, 0.29) is 11.5 Å². The average molecular weight is 281 g/mol. The predicted molar refractivity (Wildman–Crippen MR) is 82.8 cm³/mol. The van der Waals surface area contributed by atoms with E-state index in [1.54, 1.807) is 7.05 Å². The summed E-state index contributed by atoms with van der Waals surface area (Å²) in [5, 5.41) is 19.5. The van der Waals surface area contributed by atoms with E-state index < -0.39 is 0 Å². The van der Waals surface area contributed by atoms with E-state index in [2.05, 4.69) is 25.5 Å². The van der Waals surface area contributed by atoms with Crippen LogP contribution in [0.15, 0.2) is 24.5 Å². The molecule has 1 aromatic carbocycles. The molecule has 0 fully saturated rings. The van der Waals surface area contributed by atoms with Gasteiger partial charge in [0.05, 0.1) is 22.5 Å². The van der Waals surface area contributed by atoms with Crippen LogP contribution in [-0.2, 0) is 0 Å². The average Bonchev–Trinajstić information content (AvgIpc) is 2.87. The van der Waals surface area contributed by atoms with Crippen molar-refractivity contribution in [3.63, 3.8) is 0 Å². The standard InChI is InChI=1S/C14H15N7/c1-7-9-4-3-8(5-10(9)21-20-7)12(15)11-13(16)18-6-19-14(11)17-2/h3-6,15H,1-2H3,(H,20,21)(H3,16,17,18,19). The van der Waals surface area contributed by atoms with Crippen LogP contribution in [0.2, 0.25) is 0 Å². The number of benzene rings is 1. The summed E-state index contributed by atoms with van der Waals surface area (Å²) in [4.78, 5) is 8.07. The minimum Gasteiger partial charge on any atom is -0.383 e. The molecule has 0 atom stereocenters. The van der Waals surface area contributed by atoms with Crippen LogP contribution < -0.4 is 11.1 Å². The lowest BCUT2D eigenvalue weighted by molar-refractivity contribution is 1.07. The second-order valence-electron chi connectivity index (χ2n) is 4.68. The molecular weight excluding hydrogens is 266 g/mol. The number of aryl methyl sites for hydroxylation is 1. The first-order valence-corrected chi connectivity index (χ1v) is 6.44. The van der Waals surface area contributed by atoms with E-state index in [0.717, 1.165) is 22.2 Å². The summed E-state index contributed by atoms with van der Waals surface area (Å²) in [5.41, 5.74) is 9.21. The maximum Gasteiger partial charge on any atom is 0.140 e. The smallest absolute Gasteiger partial charge is 0.140 e. The van der Waals surface area contributed by atoms with Crippen molar-refractivity contribution in [3.8, 4) is 0 Å². The number of fused-ring (bicyclic) bond motifs is 1. The van der Waals surface area contributed by atoms with Gasteiger partial charge in [0.1, 0.15) is 18.0 Å². The third kappa shape index (κ3) is 2.08. The minimum absolute atomic E-state index is 0.270. The van der Waals surface area contributed by atoms with E-state index in [9.17, 15) is 0 Å². The van der Waals surface area contributed by atoms with Gasteiger partial charge in [-0.25, -0.2) is 9.97 Å². The number of nitrogens with zero attached hydrogens (tertiary/aromatic N) is 3. The normalized spacial score (nSPS) is 10.8. The van der Waals surface area contributed by atoms with Gasteiger partial charge in [0, 0.05) is 18.0 Å². The number of H-pyrrole nitrogens is 1. The van der Waals surface area contributed by atoms with Gasteiger partial charge in [0.2, 0.25) is 0 Å². The van der Waals surface area contributed by atoms with Gasteiger partial charge in [-0.15, -0.1) is 0 Å². The summed E-state index contributed by atoms with van der Waals surface area (Å²) in [6, 6.07) is 5.69. The molecular formula is C14H15N7. The van der Waals surface area contributed by atoms with Crippen molar-refractivity contribution in [3.05, 3.63) is 41.3 Å². The van der Waals surface area contributed by atoms with Crippen molar-refractivity contribution in [2.45, 2.75) is 6.92 Å². The Labute approximate surface area is 121 Å². The van der Waals surface area contributed by atoms with Gasteiger partial charge in [-0.2, -0.15) is 5.10 Å². The molecule has 0 radical (unpaired) electrons. The van der Waals surface area contributed by atoms with Crippen molar-refractivity contribution in [1.82, 2.24) is 20.2 Å². The van der Waals surface area contributed by atoms with Crippen molar-refractivity contribution in [2.75, 3.05) is 18.1 Å². The Bertz CT molecular complexity index is 834. The van der Waals surface area contributed by atoms with E-state index in [1.807, 2.05) is 25.1 Å². The number of nitrogens with one attached hydrogen (secondary N) is 3. The molecule has 3 aromatic rings. The van der Waals surface area contributed by atoms with Crippen LogP contribution in [0.5, 0.6) is 0 Å². The third-order valence-corrected chi connectivity index (χ3v) is 3.41. The van der Waals surface area contributed by atoms with E-state index in [0.29, 0.717) is 11.4 Å². The van der Waals surface area contributed by atoms with Crippen molar-refractivity contribution < 1.29 is 0 Å². The molecule has 0 spiro atoms. The van der Waals surface area contributed by atoms with Gasteiger partial charge >= 0.3 is 0 Å². The number of nitrogens with two attached hydrogens (primary N) is 1. The lowest BCUT2D eigenvalue weighted by Gasteiger charge is -2.11. The zero-order chi connectivity index (χ0) is 15.0. The Hall–Kier alpha value is -2.96. The molecule has 2 heterocycles. The molecule has 0 aliphatic rings. The van der Waals surface area contributed by atoms with Crippen LogP contribution >= 0.6 is 0 Å². The Morgan fingerprint density at radius 1 is 1.33 bits per heavy atom. The minimum atomic E-state index is 0.270. The van der Waals surface area contributed by atoms with Crippen molar-refractivity contribution in [2.24, 2.45) is 0 Å².